The van der Waals surface area contributed by atoms with Crippen molar-refractivity contribution in [3.8, 4) is 0 Å². The molecule has 1 saturated carbocycles. The number of hydrogen-bond acceptors (Lipinski definition) is 1. The molecule has 0 saturated heterocycles. The summed E-state index contributed by atoms with van der Waals surface area (Å²) in [6, 6.07) is 7.29. The summed E-state index contributed by atoms with van der Waals surface area (Å²) in [5.74, 6) is 1.33. The number of hydrogen-bond donors (Lipinski definition) is 1. The third-order valence-corrected chi connectivity index (χ3v) is 3.73. The zero-order valence-electron chi connectivity index (χ0n) is 10.0. The molecule has 0 radical (unpaired) electrons. The molecule has 0 spiro atoms. The molecule has 1 fully saturated rings. The molecule has 1 aliphatic rings. The van der Waals surface area contributed by atoms with Crippen molar-refractivity contribution < 1.29 is 4.39 Å². The lowest BCUT2D eigenvalue weighted by Crippen LogP contribution is -2.23. The normalized spacial score (nSPS) is 26.9. The van der Waals surface area contributed by atoms with Gasteiger partial charge in [0.05, 0.1) is 0 Å². The second-order valence-corrected chi connectivity index (χ2v) is 5.00. The van der Waals surface area contributed by atoms with Crippen molar-refractivity contribution in [2.24, 2.45) is 11.8 Å². The van der Waals surface area contributed by atoms with Crippen LogP contribution in [0.25, 0.3) is 0 Å². The van der Waals surface area contributed by atoms with Gasteiger partial charge in [0, 0.05) is 6.04 Å². The molecule has 0 heterocycles. The fourth-order valence-corrected chi connectivity index (χ4v) is 2.93. The van der Waals surface area contributed by atoms with Crippen LogP contribution in [0, 0.1) is 17.7 Å². The standard InChI is InChI=1S/C14H20FN/c1-10-6-7-12(8-10)14(16-2)11-4-3-5-13(15)9-11/h3-5,9-10,12,14,16H,6-8H2,1-2H3. The third-order valence-electron chi connectivity index (χ3n) is 3.73. The summed E-state index contributed by atoms with van der Waals surface area (Å²) < 4.78 is 13.2. The second kappa shape index (κ2) is 4.96. The average Bonchev–Trinajstić information content (AvgIpc) is 2.66. The summed E-state index contributed by atoms with van der Waals surface area (Å²) in [4.78, 5) is 0. The lowest BCUT2D eigenvalue weighted by atomic mass is 9.91. The molecule has 2 rings (SSSR count). The van der Waals surface area contributed by atoms with E-state index in [2.05, 4.69) is 12.2 Å². The fourth-order valence-electron chi connectivity index (χ4n) is 2.93. The minimum Gasteiger partial charge on any atom is -0.313 e. The molecule has 3 atom stereocenters. The van der Waals surface area contributed by atoms with Crippen molar-refractivity contribution in [1.82, 2.24) is 5.32 Å². The number of rotatable bonds is 3. The van der Waals surface area contributed by atoms with Crippen molar-refractivity contribution in [2.45, 2.75) is 32.2 Å². The van der Waals surface area contributed by atoms with E-state index in [9.17, 15) is 4.39 Å². The van der Waals surface area contributed by atoms with Crippen LogP contribution in [0.3, 0.4) is 0 Å². The molecule has 0 aliphatic heterocycles. The highest BCUT2D eigenvalue weighted by atomic mass is 19.1. The van der Waals surface area contributed by atoms with Crippen LogP contribution in [0.1, 0.15) is 37.8 Å². The van der Waals surface area contributed by atoms with Crippen molar-refractivity contribution in [3.63, 3.8) is 0 Å². The van der Waals surface area contributed by atoms with E-state index < -0.39 is 0 Å². The second-order valence-electron chi connectivity index (χ2n) is 5.00. The Hall–Kier alpha value is -0.890. The predicted molar refractivity (Wildman–Crippen MR) is 64.7 cm³/mol. The predicted octanol–water partition coefficient (Wildman–Crippen LogP) is 3.52. The van der Waals surface area contributed by atoms with Gasteiger partial charge in [0.2, 0.25) is 0 Å². The van der Waals surface area contributed by atoms with Crippen LogP contribution in [0.5, 0.6) is 0 Å². The maximum Gasteiger partial charge on any atom is 0.123 e. The van der Waals surface area contributed by atoms with E-state index in [1.54, 1.807) is 12.1 Å². The molecule has 16 heavy (non-hydrogen) atoms. The molecular formula is C14H20FN. The van der Waals surface area contributed by atoms with Gasteiger partial charge in [-0.15, -0.1) is 0 Å². The third kappa shape index (κ3) is 2.43. The first-order valence-electron chi connectivity index (χ1n) is 6.13. The summed E-state index contributed by atoms with van der Waals surface area (Å²) in [6.45, 7) is 2.30. The molecule has 2 heteroatoms. The van der Waals surface area contributed by atoms with Gasteiger partial charge in [0.25, 0.3) is 0 Å². The van der Waals surface area contributed by atoms with Crippen LogP contribution in [0.2, 0.25) is 0 Å². The van der Waals surface area contributed by atoms with Gasteiger partial charge < -0.3 is 5.32 Å². The van der Waals surface area contributed by atoms with Crippen molar-refractivity contribution >= 4 is 0 Å². The minimum atomic E-state index is -0.135. The Morgan fingerprint density at radius 3 is 2.75 bits per heavy atom. The molecule has 88 valence electrons. The van der Waals surface area contributed by atoms with Gasteiger partial charge in [-0.2, -0.15) is 0 Å². The summed E-state index contributed by atoms with van der Waals surface area (Å²) in [5, 5.41) is 3.34. The quantitative estimate of drug-likeness (QED) is 0.823. The van der Waals surface area contributed by atoms with E-state index in [0.29, 0.717) is 12.0 Å². The maximum absolute atomic E-state index is 13.2. The zero-order valence-corrected chi connectivity index (χ0v) is 10.0. The van der Waals surface area contributed by atoms with E-state index in [0.717, 1.165) is 11.5 Å². The minimum absolute atomic E-state index is 0.135. The molecule has 1 aromatic rings. The van der Waals surface area contributed by atoms with Gasteiger partial charge in [0.15, 0.2) is 0 Å². The first-order valence-corrected chi connectivity index (χ1v) is 6.13. The Kier molecular flexibility index (Phi) is 3.59. The van der Waals surface area contributed by atoms with Crippen LogP contribution in [0.4, 0.5) is 4.39 Å². The van der Waals surface area contributed by atoms with Gasteiger partial charge in [-0.1, -0.05) is 25.5 Å². The first-order chi connectivity index (χ1) is 7.70. The Morgan fingerprint density at radius 2 is 2.19 bits per heavy atom. The lowest BCUT2D eigenvalue weighted by Gasteiger charge is -2.23. The monoisotopic (exact) mass is 221 g/mol. The topological polar surface area (TPSA) is 12.0 Å². The fraction of sp³-hybridized carbons (Fsp3) is 0.571. The van der Waals surface area contributed by atoms with E-state index in [-0.39, 0.29) is 5.82 Å². The highest BCUT2D eigenvalue weighted by molar-refractivity contribution is 5.21. The summed E-state index contributed by atoms with van der Waals surface area (Å²) in [7, 11) is 1.97. The van der Waals surface area contributed by atoms with Gasteiger partial charge in [-0.3, -0.25) is 0 Å². The van der Waals surface area contributed by atoms with Crippen molar-refractivity contribution in [3.05, 3.63) is 35.6 Å². The van der Waals surface area contributed by atoms with E-state index in [1.807, 2.05) is 13.1 Å². The number of nitrogens with one attached hydrogen (secondary N) is 1. The number of benzene rings is 1. The summed E-state index contributed by atoms with van der Waals surface area (Å²) in [6.07, 6.45) is 3.81. The lowest BCUT2D eigenvalue weighted by molar-refractivity contribution is 0.378. The molecular weight excluding hydrogens is 201 g/mol. The van der Waals surface area contributed by atoms with Crippen molar-refractivity contribution in [2.75, 3.05) is 7.05 Å². The highest BCUT2D eigenvalue weighted by Crippen LogP contribution is 2.38. The molecule has 0 amide bonds. The Labute approximate surface area is 97.1 Å². The van der Waals surface area contributed by atoms with Crippen LogP contribution >= 0.6 is 0 Å². The first kappa shape index (κ1) is 11.6. The highest BCUT2D eigenvalue weighted by Gasteiger charge is 2.28. The Bertz CT molecular complexity index is 350. The van der Waals surface area contributed by atoms with Crippen LogP contribution in [0.15, 0.2) is 24.3 Å². The van der Waals surface area contributed by atoms with E-state index >= 15 is 0 Å². The van der Waals surface area contributed by atoms with E-state index in [1.165, 1.54) is 25.3 Å². The van der Waals surface area contributed by atoms with Gasteiger partial charge in [-0.05, 0) is 49.4 Å². The van der Waals surface area contributed by atoms with Crippen LogP contribution in [-0.2, 0) is 0 Å². The van der Waals surface area contributed by atoms with Crippen LogP contribution in [-0.4, -0.2) is 7.05 Å². The Balaban J connectivity index is 2.16. The molecule has 3 unspecified atom stereocenters. The largest absolute Gasteiger partial charge is 0.313 e. The SMILES string of the molecule is CNC(c1cccc(F)c1)C1CCC(C)C1. The average molecular weight is 221 g/mol. The Morgan fingerprint density at radius 1 is 1.38 bits per heavy atom. The molecule has 0 bridgehead atoms. The zero-order chi connectivity index (χ0) is 11.5. The summed E-state index contributed by atoms with van der Waals surface area (Å²) in [5.41, 5.74) is 1.08. The molecule has 1 N–H and O–H groups in total. The molecule has 1 aromatic carbocycles. The molecule has 1 nitrogen and oxygen atoms in total. The van der Waals surface area contributed by atoms with Gasteiger partial charge in [-0.25, -0.2) is 4.39 Å². The maximum atomic E-state index is 13.2. The van der Waals surface area contributed by atoms with Gasteiger partial charge in [0.1, 0.15) is 5.82 Å². The summed E-state index contributed by atoms with van der Waals surface area (Å²) >= 11 is 0. The van der Waals surface area contributed by atoms with Gasteiger partial charge >= 0.3 is 0 Å². The van der Waals surface area contributed by atoms with Crippen molar-refractivity contribution in [1.29, 1.82) is 0 Å². The van der Waals surface area contributed by atoms with E-state index in [4.69, 9.17) is 0 Å². The number of halogens is 1. The molecule has 1 aliphatic carbocycles. The van der Waals surface area contributed by atoms with Crippen LogP contribution < -0.4 is 5.32 Å². The smallest absolute Gasteiger partial charge is 0.123 e. The molecule has 0 aromatic heterocycles.